The third-order valence-corrected chi connectivity index (χ3v) is 6.94. The first-order valence-electron chi connectivity index (χ1n) is 14.2. The first-order chi connectivity index (χ1) is 21.4. The van der Waals surface area contributed by atoms with E-state index in [9.17, 15) is 29.1 Å². The number of guanidine groups is 1. The minimum absolute atomic E-state index is 0.0178. The second-order valence-corrected chi connectivity index (χ2v) is 10.4. The monoisotopic (exact) mass is 625 g/mol. The molecule has 0 aliphatic carbocycles. The maximum atomic E-state index is 13.7. The summed E-state index contributed by atoms with van der Waals surface area (Å²) in [6.07, 6.45) is 4.65. The van der Waals surface area contributed by atoms with Gasteiger partial charge >= 0.3 is 5.97 Å². The highest BCUT2D eigenvalue weighted by Gasteiger charge is 2.31. The number of H-pyrrole nitrogens is 2. The number of primary amides is 1. The fourth-order valence-electron chi connectivity index (χ4n) is 4.57. The number of para-hydroxylation sites is 1. The van der Waals surface area contributed by atoms with Crippen molar-refractivity contribution in [1.82, 2.24) is 30.9 Å². The van der Waals surface area contributed by atoms with Crippen molar-refractivity contribution in [3.05, 3.63) is 54.2 Å². The van der Waals surface area contributed by atoms with Crippen molar-refractivity contribution in [2.45, 2.75) is 62.7 Å². The summed E-state index contributed by atoms with van der Waals surface area (Å²) in [6.45, 7) is 0.267. The molecule has 17 nitrogen and oxygen atoms in total. The van der Waals surface area contributed by atoms with Crippen LogP contribution < -0.4 is 38.9 Å². The van der Waals surface area contributed by atoms with Crippen LogP contribution in [0.25, 0.3) is 10.9 Å². The Balaban J connectivity index is 1.83. The van der Waals surface area contributed by atoms with Crippen molar-refractivity contribution < 1.29 is 29.1 Å². The van der Waals surface area contributed by atoms with E-state index in [0.29, 0.717) is 17.7 Å². The van der Waals surface area contributed by atoms with Gasteiger partial charge in [-0.3, -0.25) is 24.2 Å². The van der Waals surface area contributed by atoms with Crippen molar-refractivity contribution >= 4 is 46.5 Å². The highest BCUT2D eigenvalue weighted by atomic mass is 16.4. The maximum absolute atomic E-state index is 13.7. The van der Waals surface area contributed by atoms with Crippen LogP contribution in [0.15, 0.2) is 48.0 Å². The maximum Gasteiger partial charge on any atom is 0.326 e. The molecule has 0 spiro atoms. The van der Waals surface area contributed by atoms with Gasteiger partial charge in [0.2, 0.25) is 23.6 Å². The number of aliphatic imine (C=N–C) groups is 1. The molecule has 1 aromatic carbocycles. The third-order valence-electron chi connectivity index (χ3n) is 6.94. The first kappa shape index (κ1) is 34.0. The van der Waals surface area contributed by atoms with Gasteiger partial charge in [-0.25, -0.2) is 9.78 Å². The fourth-order valence-corrected chi connectivity index (χ4v) is 4.57. The molecule has 0 saturated carbocycles. The van der Waals surface area contributed by atoms with Gasteiger partial charge in [-0.05, 0) is 30.9 Å². The number of imidazole rings is 1. The van der Waals surface area contributed by atoms with E-state index in [2.05, 4.69) is 35.9 Å². The van der Waals surface area contributed by atoms with Crippen molar-refractivity contribution in [3.63, 3.8) is 0 Å². The van der Waals surface area contributed by atoms with E-state index in [1.807, 2.05) is 24.3 Å². The number of aromatic amines is 2. The Morgan fingerprint density at radius 2 is 1.56 bits per heavy atom. The van der Waals surface area contributed by atoms with E-state index < -0.39 is 53.8 Å². The number of carbonyl (C=O) groups excluding carboxylic acids is 4. The van der Waals surface area contributed by atoms with Crippen LogP contribution in [0.4, 0.5) is 0 Å². The van der Waals surface area contributed by atoms with E-state index in [1.54, 1.807) is 6.20 Å². The number of carboxylic acids is 1. The second kappa shape index (κ2) is 16.4. The molecule has 45 heavy (non-hydrogen) atoms. The zero-order chi connectivity index (χ0) is 32.9. The van der Waals surface area contributed by atoms with Crippen LogP contribution >= 0.6 is 0 Å². The van der Waals surface area contributed by atoms with Gasteiger partial charge in [0.15, 0.2) is 5.96 Å². The number of rotatable bonds is 18. The molecule has 242 valence electrons. The number of nitrogens with one attached hydrogen (secondary N) is 5. The second-order valence-electron chi connectivity index (χ2n) is 10.4. The van der Waals surface area contributed by atoms with E-state index in [0.717, 1.165) is 10.9 Å². The van der Waals surface area contributed by atoms with Crippen molar-refractivity contribution in [2.24, 2.45) is 27.9 Å². The molecule has 0 aliphatic rings. The van der Waals surface area contributed by atoms with Crippen molar-refractivity contribution in [3.8, 4) is 0 Å². The van der Waals surface area contributed by atoms with Crippen LogP contribution in [0.3, 0.4) is 0 Å². The molecule has 2 heterocycles. The topological polar surface area (TPSA) is 303 Å². The van der Waals surface area contributed by atoms with E-state index >= 15 is 0 Å². The van der Waals surface area contributed by atoms with Gasteiger partial charge < -0.3 is 54.0 Å². The van der Waals surface area contributed by atoms with E-state index in [4.69, 9.17) is 22.9 Å². The molecule has 4 atom stereocenters. The predicted octanol–water partition coefficient (Wildman–Crippen LogP) is -2.14. The lowest BCUT2D eigenvalue weighted by molar-refractivity contribution is -0.142. The lowest BCUT2D eigenvalue weighted by Gasteiger charge is -2.25. The number of benzene rings is 1. The predicted molar refractivity (Wildman–Crippen MR) is 164 cm³/mol. The molecule has 4 amide bonds. The third kappa shape index (κ3) is 10.6. The van der Waals surface area contributed by atoms with Crippen LogP contribution in [0, 0.1) is 0 Å². The van der Waals surface area contributed by atoms with Gasteiger partial charge in [-0.2, -0.15) is 0 Å². The number of aromatic nitrogens is 3. The number of hydrogen-bond acceptors (Lipinski definition) is 8. The van der Waals surface area contributed by atoms with Crippen molar-refractivity contribution in [1.29, 1.82) is 0 Å². The number of carbonyl (C=O) groups is 5. The number of nitrogens with zero attached hydrogens (tertiary/aromatic N) is 2. The normalized spacial score (nSPS) is 13.6. The van der Waals surface area contributed by atoms with Gasteiger partial charge in [0, 0.05) is 54.8 Å². The Morgan fingerprint density at radius 3 is 2.20 bits per heavy atom. The van der Waals surface area contributed by atoms with Gasteiger partial charge in [0.1, 0.15) is 18.1 Å². The minimum atomic E-state index is -1.44. The molecule has 14 N–H and O–H groups in total. The summed E-state index contributed by atoms with van der Waals surface area (Å²) in [7, 11) is 0. The van der Waals surface area contributed by atoms with Crippen LogP contribution in [-0.2, 0) is 36.8 Å². The summed E-state index contributed by atoms with van der Waals surface area (Å²) >= 11 is 0. The lowest BCUT2D eigenvalue weighted by atomic mass is 10.0. The van der Waals surface area contributed by atoms with Gasteiger partial charge in [-0.15, -0.1) is 0 Å². The average molecular weight is 626 g/mol. The summed E-state index contributed by atoms with van der Waals surface area (Å²) in [6, 6.07) is 2.43. The number of hydrogen-bond donors (Lipinski definition) is 10. The standard InChI is InChI=1S/C28H39N11O6/c29-18(5-3-9-34-28(31)32)24(41)38-22(11-16-13-33-14-36-16)26(43)39-21(10-15-12-35-19-6-2-1-4-17(15)19)25(42)37-20(27(44)45)7-8-23(30)40/h1-2,4,6,12-14,18,20-22,35H,3,5,7-11,29H2,(H2,30,40)(H,33,36)(H,37,42)(H,38,41)(H,39,43)(H,44,45)(H4,31,32,34). The summed E-state index contributed by atoms with van der Waals surface area (Å²) in [5.41, 5.74) is 23.8. The van der Waals surface area contributed by atoms with Crippen LogP contribution in [-0.4, -0.2) is 86.3 Å². The molecular formula is C28H39N11O6. The average Bonchev–Trinajstić information content (AvgIpc) is 3.66. The van der Waals surface area contributed by atoms with Gasteiger partial charge in [0.05, 0.1) is 12.4 Å². The lowest BCUT2D eigenvalue weighted by Crippen LogP contribution is -2.58. The Labute approximate surface area is 258 Å². The molecule has 0 radical (unpaired) electrons. The summed E-state index contributed by atoms with van der Waals surface area (Å²) < 4.78 is 0. The Hall–Kier alpha value is -5.45. The van der Waals surface area contributed by atoms with Crippen LogP contribution in [0.1, 0.15) is 36.9 Å². The molecule has 3 aromatic rings. The number of fused-ring (bicyclic) bond motifs is 1. The van der Waals surface area contributed by atoms with Gasteiger partial charge in [-0.1, -0.05) is 18.2 Å². The smallest absolute Gasteiger partial charge is 0.326 e. The Morgan fingerprint density at radius 1 is 0.889 bits per heavy atom. The zero-order valence-electron chi connectivity index (χ0n) is 24.5. The van der Waals surface area contributed by atoms with Gasteiger partial charge in [0.25, 0.3) is 0 Å². The number of carboxylic acid groups (broad SMARTS) is 1. The molecule has 0 bridgehead atoms. The van der Waals surface area contributed by atoms with Crippen LogP contribution in [0.2, 0.25) is 0 Å². The SMILES string of the molecule is NC(=O)CCC(NC(=O)C(Cc1c[nH]c2ccccc12)NC(=O)C(Cc1cnc[nH]1)NC(=O)C(N)CCCN=C(N)N)C(=O)O. The largest absolute Gasteiger partial charge is 0.480 e. The molecule has 0 fully saturated rings. The van der Waals surface area contributed by atoms with E-state index in [-0.39, 0.29) is 44.6 Å². The summed E-state index contributed by atoms with van der Waals surface area (Å²) in [5, 5.41) is 18.1. The molecule has 0 saturated heterocycles. The Bertz CT molecular complexity index is 1500. The van der Waals surface area contributed by atoms with Crippen LogP contribution in [0.5, 0.6) is 0 Å². The highest BCUT2D eigenvalue weighted by molar-refractivity contribution is 5.95. The quantitative estimate of drug-likeness (QED) is 0.0415. The molecule has 2 aromatic heterocycles. The first-order valence-corrected chi connectivity index (χ1v) is 14.2. The molecule has 3 rings (SSSR count). The summed E-state index contributed by atoms with van der Waals surface area (Å²) in [4.78, 5) is 77.0. The molecule has 4 unspecified atom stereocenters. The zero-order valence-corrected chi connectivity index (χ0v) is 24.5. The van der Waals surface area contributed by atoms with Crippen molar-refractivity contribution in [2.75, 3.05) is 6.54 Å². The minimum Gasteiger partial charge on any atom is -0.480 e. The molecule has 0 aliphatic heterocycles. The van der Waals surface area contributed by atoms with E-state index in [1.165, 1.54) is 12.5 Å². The summed E-state index contributed by atoms with van der Waals surface area (Å²) in [5.74, 6) is -4.35. The fraction of sp³-hybridized carbons (Fsp3) is 0.393. The number of aliphatic carboxylic acids is 1. The number of amides is 4. The highest BCUT2D eigenvalue weighted by Crippen LogP contribution is 2.19. The Kier molecular flexibility index (Phi) is 12.4. The molecular weight excluding hydrogens is 586 g/mol. The molecule has 17 heteroatoms. The number of nitrogens with two attached hydrogens (primary N) is 4.